The third-order valence-electron chi connectivity index (χ3n) is 3.20. The molecule has 0 amide bonds. The fraction of sp³-hybridized carbons (Fsp3) is 0.455. The summed E-state index contributed by atoms with van der Waals surface area (Å²) in [7, 11) is 0. The van der Waals surface area contributed by atoms with E-state index >= 15 is 0 Å². The number of hydrogen-bond donors (Lipinski definition) is 0. The number of pyridine rings is 1. The van der Waals surface area contributed by atoms with Gasteiger partial charge in [-0.15, -0.1) is 0 Å². The van der Waals surface area contributed by atoms with Gasteiger partial charge in [0.2, 0.25) is 0 Å². The van der Waals surface area contributed by atoms with Crippen molar-refractivity contribution in [3.63, 3.8) is 0 Å². The zero-order valence-corrected chi connectivity index (χ0v) is 9.95. The Morgan fingerprint density at radius 2 is 2.28 bits per heavy atom. The van der Waals surface area contributed by atoms with Crippen LogP contribution < -0.4 is 4.90 Å². The first-order valence-corrected chi connectivity index (χ1v) is 5.95. The largest absolute Gasteiger partial charge is 0.369 e. The average molecular weight is 244 g/mol. The first-order chi connectivity index (χ1) is 8.70. The lowest BCUT2D eigenvalue weighted by molar-refractivity contribution is -0.389. The molecule has 0 spiro atoms. The van der Waals surface area contributed by atoms with Gasteiger partial charge in [0.1, 0.15) is 0 Å². The van der Waals surface area contributed by atoms with E-state index < -0.39 is 4.92 Å². The van der Waals surface area contributed by atoms with E-state index in [9.17, 15) is 10.1 Å². The van der Waals surface area contributed by atoms with Gasteiger partial charge in [-0.2, -0.15) is 0 Å². The molecule has 92 valence electrons. The Hall–Kier alpha value is -2.10. The monoisotopic (exact) mass is 244 g/mol. The van der Waals surface area contributed by atoms with Crippen LogP contribution in [0.5, 0.6) is 0 Å². The van der Waals surface area contributed by atoms with Crippen molar-refractivity contribution in [1.29, 1.82) is 5.26 Å². The summed E-state index contributed by atoms with van der Waals surface area (Å²) in [6.45, 7) is 1.80. The zero-order valence-electron chi connectivity index (χ0n) is 9.95. The summed E-state index contributed by atoms with van der Waals surface area (Å²) in [5, 5.41) is 19.4. The van der Waals surface area contributed by atoms with Crippen LogP contribution >= 0.6 is 0 Å². The predicted octanol–water partition coefficient (Wildman–Crippen LogP) is 1.76. The van der Waals surface area contributed by atoms with Crippen molar-refractivity contribution in [3.05, 3.63) is 28.4 Å². The Morgan fingerprint density at radius 1 is 1.44 bits per heavy atom. The first kappa shape index (κ1) is 12.4. The molecule has 0 saturated carbocycles. The topological polar surface area (TPSA) is 83.1 Å². The highest BCUT2D eigenvalue weighted by Gasteiger charge is 2.21. The van der Waals surface area contributed by atoms with Crippen LogP contribution in [0.3, 0.4) is 0 Å². The number of aromatic nitrogens is 1. The molecule has 1 saturated heterocycles. The lowest BCUT2D eigenvalue weighted by Crippen LogP contribution is -2.24. The van der Waals surface area contributed by atoms with E-state index in [0.717, 1.165) is 37.8 Å². The molecule has 1 aromatic rings. The number of hydrogen-bond acceptors (Lipinski definition) is 5. The minimum absolute atomic E-state index is 0.126. The van der Waals surface area contributed by atoms with Gasteiger partial charge < -0.3 is 15.0 Å². The fourth-order valence-electron chi connectivity index (χ4n) is 2.16. The second-order valence-electron chi connectivity index (χ2n) is 4.38. The van der Waals surface area contributed by atoms with Gasteiger partial charge in [-0.25, -0.2) is 5.26 Å². The van der Waals surface area contributed by atoms with Gasteiger partial charge in [0.05, 0.1) is 5.69 Å². The molecule has 6 nitrogen and oxygen atoms in total. The molecule has 0 unspecified atom stereocenters. The second-order valence-corrected chi connectivity index (χ2v) is 4.38. The second kappa shape index (κ2) is 5.49. The molecule has 0 N–H and O–H groups in total. The van der Waals surface area contributed by atoms with Gasteiger partial charge in [-0.3, -0.25) is 0 Å². The van der Waals surface area contributed by atoms with Crippen LogP contribution in [0.2, 0.25) is 12.6 Å². The minimum atomic E-state index is -0.502. The summed E-state index contributed by atoms with van der Waals surface area (Å²) in [4.78, 5) is 16.0. The lowest BCUT2D eigenvalue weighted by atomic mass is 9.46. The number of nitrogens with zero attached hydrogens (tertiary/aromatic N) is 4. The van der Waals surface area contributed by atoms with E-state index in [0.29, 0.717) is 0 Å². The Kier molecular flexibility index (Phi) is 3.77. The Labute approximate surface area is 105 Å². The van der Waals surface area contributed by atoms with Crippen molar-refractivity contribution in [1.82, 2.24) is 4.98 Å². The molecule has 1 fully saturated rings. The molecule has 18 heavy (non-hydrogen) atoms. The van der Waals surface area contributed by atoms with Gasteiger partial charge in [-0.05, 0) is 28.7 Å². The van der Waals surface area contributed by atoms with Gasteiger partial charge in [0, 0.05) is 25.1 Å². The summed E-state index contributed by atoms with van der Waals surface area (Å²) in [5.41, 5.74) is 0.888. The van der Waals surface area contributed by atoms with Crippen molar-refractivity contribution >= 4 is 18.2 Å². The summed E-state index contributed by atoms with van der Waals surface area (Å²) in [5.74, 6) is 2.17. The van der Waals surface area contributed by atoms with E-state index in [4.69, 9.17) is 5.26 Å². The molecule has 0 aromatic carbocycles. The summed E-state index contributed by atoms with van der Waals surface area (Å²) in [6, 6.07) is 3.14. The van der Waals surface area contributed by atoms with Crippen molar-refractivity contribution < 1.29 is 4.92 Å². The Morgan fingerprint density at radius 3 is 2.89 bits per heavy atom. The van der Waals surface area contributed by atoms with Gasteiger partial charge in [0.15, 0.2) is 6.20 Å². The maximum Gasteiger partial charge on any atom is 0.363 e. The van der Waals surface area contributed by atoms with Gasteiger partial charge in [0.25, 0.3) is 6.71 Å². The van der Waals surface area contributed by atoms with Crippen LogP contribution in [0.1, 0.15) is 6.42 Å². The van der Waals surface area contributed by atoms with Crippen LogP contribution in [0.4, 0.5) is 11.5 Å². The normalized spacial score (nSPS) is 15.9. The molecule has 0 aliphatic carbocycles. The molecule has 2 heterocycles. The van der Waals surface area contributed by atoms with E-state index in [1.165, 1.54) is 12.3 Å². The number of nitriles is 1. The molecule has 0 bridgehead atoms. The molecule has 0 atom stereocenters. The standard InChI is InChI=1S/C11H13BN4O2/c13-9-12-4-1-6-15(7-5-12)10-2-3-11(14-8-10)16(17)18/h2-3,8H,1,4-7H2. The van der Waals surface area contributed by atoms with Crippen molar-refractivity contribution in [3.8, 4) is 5.97 Å². The average Bonchev–Trinajstić information content (AvgIpc) is 2.64. The smallest absolute Gasteiger partial charge is 0.363 e. The van der Waals surface area contributed by atoms with E-state index in [2.05, 4.69) is 15.9 Å². The highest BCUT2D eigenvalue weighted by molar-refractivity contribution is 6.67. The molecule has 1 aliphatic rings. The zero-order chi connectivity index (χ0) is 13.0. The summed E-state index contributed by atoms with van der Waals surface area (Å²) in [6.07, 6.45) is 4.26. The SMILES string of the molecule is N#CB1CCCN(c2ccc([N+](=O)[O-])nc2)CC1. The third kappa shape index (κ3) is 2.77. The number of rotatable bonds is 2. The van der Waals surface area contributed by atoms with E-state index in [-0.39, 0.29) is 12.5 Å². The van der Waals surface area contributed by atoms with Crippen molar-refractivity contribution in [2.24, 2.45) is 0 Å². The van der Waals surface area contributed by atoms with Crippen LogP contribution in [-0.2, 0) is 0 Å². The van der Waals surface area contributed by atoms with Crippen molar-refractivity contribution in [2.75, 3.05) is 18.0 Å². The van der Waals surface area contributed by atoms with Crippen molar-refractivity contribution in [2.45, 2.75) is 19.1 Å². The summed E-state index contributed by atoms with van der Waals surface area (Å²) < 4.78 is 0. The van der Waals surface area contributed by atoms with Gasteiger partial charge in [-0.1, -0.05) is 6.32 Å². The van der Waals surface area contributed by atoms with Crippen LogP contribution in [-0.4, -0.2) is 29.7 Å². The van der Waals surface area contributed by atoms with E-state index in [1.54, 1.807) is 6.07 Å². The highest BCUT2D eigenvalue weighted by atomic mass is 16.6. The molecule has 1 aromatic heterocycles. The fourth-order valence-corrected chi connectivity index (χ4v) is 2.16. The first-order valence-electron chi connectivity index (χ1n) is 5.95. The highest BCUT2D eigenvalue weighted by Crippen LogP contribution is 2.20. The maximum atomic E-state index is 10.5. The molecule has 7 heteroatoms. The number of nitro groups is 1. The van der Waals surface area contributed by atoms with Crippen LogP contribution in [0.25, 0.3) is 0 Å². The van der Waals surface area contributed by atoms with Gasteiger partial charge >= 0.3 is 5.82 Å². The quantitative estimate of drug-likeness (QED) is 0.449. The predicted molar refractivity (Wildman–Crippen MR) is 68.7 cm³/mol. The molecule has 0 radical (unpaired) electrons. The minimum Gasteiger partial charge on any atom is -0.369 e. The number of anilines is 1. The Bertz CT molecular complexity index is 471. The molecular formula is C11H13BN4O2. The van der Waals surface area contributed by atoms with E-state index in [1.807, 2.05) is 0 Å². The molecular weight excluding hydrogens is 231 g/mol. The lowest BCUT2D eigenvalue weighted by Gasteiger charge is -2.20. The summed E-state index contributed by atoms with van der Waals surface area (Å²) >= 11 is 0. The molecule has 2 rings (SSSR count). The maximum absolute atomic E-state index is 10.5. The Balaban J connectivity index is 2.07. The molecule has 1 aliphatic heterocycles. The third-order valence-corrected chi connectivity index (χ3v) is 3.20. The van der Waals surface area contributed by atoms with Crippen LogP contribution in [0, 0.1) is 21.3 Å². The van der Waals surface area contributed by atoms with Crippen LogP contribution in [0.15, 0.2) is 18.3 Å².